The maximum atomic E-state index is 12.3. The molecule has 22 heavy (non-hydrogen) atoms. The fourth-order valence-electron chi connectivity index (χ4n) is 1.92. The molecule has 6 heteroatoms. The number of halogens is 1. The second-order valence-corrected chi connectivity index (χ2v) is 6.64. The molecule has 0 N–H and O–H groups in total. The number of aryl methyl sites for hydroxylation is 1. The highest BCUT2D eigenvalue weighted by Crippen LogP contribution is 2.33. The van der Waals surface area contributed by atoms with E-state index in [1.807, 2.05) is 31.2 Å². The predicted molar refractivity (Wildman–Crippen MR) is 93.0 cm³/mol. The molecule has 2 aromatic rings. The second kappa shape index (κ2) is 6.14. The van der Waals surface area contributed by atoms with Crippen LogP contribution < -0.4 is 0 Å². The fourth-order valence-corrected chi connectivity index (χ4v) is 3.20. The highest BCUT2D eigenvalue weighted by molar-refractivity contribution is 9.10. The third kappa shape index (κ3) is 3.18. The van der Waals surface area contributed by atoms with E-state index in [0.717, 1.165) is 5.69 Å². The first kappa shape index (κ1) is 15.1. The molecule has 0 aliphatic carbocycles. The van der Waals surface area contributed by atoms with Gasteiger partial charge in [-0.15, -0.1) is 0 Å². The number of furan rings is 1. The molecule has 1 aliphatic heterocycles. The minimum absolute atomic E-state index is 0.0802. The van der Waals surface area contributed by atoms with E-state index in [1.54, 1.807) is 30.2 Å². The molecule has 1 amide bonds. The van der Waals surface area contributed by atoms with Crippen LogP contribution in [0.4, 0.5) is 5.69 Å². The Kier molecular flexibility index (Phi) is 4.22. The van der Waals surface area contributed by atoms with E-state index in [0.29, 0.717) is 20.5 Å². The molecule has 0 atom stereocenters. The molecule has 1 aromatic carbocycles. The van der Waals surface area contributed by atoms with Gasteiger partial charge in [0.25, 0.3) is 5.91 Å². The normalized spacial score (nSPS) is 18.7. The molecule has 0 radical (unpaired) electrons. The number of hydrogen-bond acceptors (Lipinski definition) is 4. The summed E-state index contributed by atoms with van der Waals surface area (Å²) in [6.45, 7) is 2.03. The van der Waals surface area contributed by atoms with Crippen molar-refractivity contribution in [1.29, 1.82) is 0 Å². The van der Waals surface area contributed by atoms with Crippen molar-refractivity contribution in [2.45, 2.75) is 6.92 Å². The van der Waals surface area contributed by atoms with Gasteiger partial charge in [0.1, 0.15) is 5.76 Å². The molecular formula is C16H13BrN2O2S. The molecular weight excluding hydrogens is 364 g/mol. The van der Waals surface area contributed by atoms with Gasteiger partial charge in [-0.05, 0) is 58.9 Å². The standard InChI is InChI=1S/C16H13BrN2O2S/c1-10-3-5-11(6-4-10)18-16-19(2)15(20)13(22-16)9-12-7-8-14(17)21-12/h3-9H,1-2H3/b13-9+,18-16?. The van der Waals surface area contributed by atoms with Gasteiger partial charge in [0.15, 0.2) is 9.84 Å². The van der Waals surface area contributed by atoms with Crippen LogP contribution in [0.5, 0.6) is 0 Å². The van der Waals surface area contributed by atoms with E-state index in [-0.39, 0.29) is 5.91 Å². The van der Waals surface area contributed by atoms with Crippen LogP contribution in [-0.4, -0.2) is 23.0 Å². The zero-order valence-electron chi connectivity index (χ0n) is 12.0. The lowest BCUT2D eigenvalue weighted by molar-refractivity contribution is -0.121. The third-order valence-electron chi connectivity index (χ3n) is 3.13. The van der Waals surface area contributed by atoms with Crippen molar-refractivity contribution < 1.29 is 9.21 Å². The van der Waals surface area contributed by atoms with Crippen molar-refractivity contribution in [2.75, 3.05) is 7.05 Å². The number of aliphatic imine (C=N–C) groups is 1. The Labute approximate surface area is 141 Å². The Hall–Kier alpha value is -1.79. The van der Waals surface area contributed by atoms with Crippen LogP contribution in [0.3, 0.4) is 0 Å². The van der Waals surface area contributed by atoms with E-state index < -0.39 is 0 Å². The number of benzene rings is 1. The summed E-state index contributed by atoms with van der Waals surface area (Å²) in [4.78, 5) is 18.9. The van der Waals surface area contributed by atoms with E-state index in [9.17, 15) is 4.79 Å². The number of rotatable bonds is 2. The van der Waals surface area contributed by atoms with Gasteiger partial charge in [-0.3, -0.25) is 9.69 Å². The minimum atomic E-state index is -0.0802. The van der Waals surface area contributed by atoms with Crippen LogP contribution in [0.15, 0.2) is 55.4 Å². The highest BCUT2D eigenvalue weighted by atomic mass is 79.9. The molecule has 1 saturated heterocycles. The number of likely N-dealkylation sites (N-methyl/N-ethyl adjacent to an activating group) is 1. The zero-order chi connectivity index (χ0) is 15.7. The Morgan fingerprint density at radius 3 is 2.59 bits per heavy atom. The summed E-state index contributed by atoms with van der Waals surface area (Å²) in [7, 11) is 1.72. The number of carbonyl (C=O) groups excluding carboxylic acids is 1. The maximum Gasteiger partial charge on any atom is 0.266 e. The van der Waals surface area contributed by atoms with Crippen LogP contribution in [0.2, 0.25) is 0 Å². The van der Waals surface area contributed by atoms with Gasteiger partial charge in [0.2, 0.25) is 0 Å². The zero-order valence-corrected chi connectivity index (χ0v) is 14.4. The summed E-state index contributed by atoms with van der Waals surface area (Å²) in [6, 6.07) is 11.5. The quantitative estimate of drug-likeness (QED) is 0.720. The summed E-state index contributed by atoms with van der Waals surface area (Å²) < 4.78 is 6.05. The topological polar surface area (TPSA) is 45.8 Å². The smallest absolute Gasteiger partial charge is 0.266 e. The minimum Gasteiger partial charge on any atom is -0.450 e. The van der Waals surface area contributed by atoms with E-state index in [2.05, 4.69) is 20.9 Å². The van der Waals surface area contributed by atoms with E-state index >= 15 is 0 Å². The first-order chi connectivity index (χ1) is 10.5. The van der Waals surface area contributed by atoms with Crippen molar-refractivity contribution in [3.63, 3.8) is 0 Å². The van der Waals surface area contributed by atoms with Crippen molar-refractivity contribution in [2.24, 2.45) is 4.99 Å². The molecule has 0 saturated carbocycles. The third-order valence-corrected chi connectivity index (χ3v) is 4.62. The molecule has 0 unspecified atom stereocenters. The number of amides is 1. The largest absolute Gasteiger partial charge is 0.450 e. The van der Waals surface area contributed by atoms with Gasteiger partial charge in [-0.25, -0.2) is 4.99 Å². The van der Waals surface area contributed by atoms with Crippen LogP contribution >= 0.6 is 27.7 Å². The summed E-state index contributed by atoms with van der Waals surface area (Å²) >= 11 is 4.59. The highest BCUT2D eigenvalue weighted by Gasteiger charge is 2.30. The van der Waals surface area contributed by atoms with Crippen molar-refractivity contribution >= 4 is 50.5 Å². The molecule has 4 nitrogen and oxygen atoms in total. The van der Waals surface area contributed by atoms with Crippen molar-refractivity contribution in [3.8, 4) is 0 Å². The molecule has 0 bridgehead atoms. The van der Waals surface area contributed by atoms with E-state index in [1.165, 1.54) is 17.3 Å². The van der Waals surface area contributed by atoms with Gasteiger partial charge in [-0.1, -0.05) is 17.7 Å². The Morgan fingerprint density at radius 2 is 1.95 bits per heavy atom. The Morgan fingerprint density at radius 1 is 1.23 bits per heavy atom. The first-order valence-electron chi connectivity index (χ1n) is 6.61. The van der Waals surface area contributed by atoms with Crippen molar-refractivity contribution in [1.82, 2.24) is 4.90 Å². The summed E-state index contributed by atoms with van der Waals surface area (Å²) in [6.07, 6.45) is 1.73. The fraction of sp³-hybridized carbons (Fsp3) is 0.125. The summed E-state index contributed by atoms with van der Waals surface area (Å²) in [5.41, 5.74) is 2.01. The number of amidine groups is 1. The number of nitrogens with zero attached hydrogens (tertiary/aromatic N) is 2. The Bertz CT molecular complexity index is 778. The van der Waals surface area contributed by atoms with Gasteiger partial charge in [0, 0.05) is 13.1 Å². The molecule has 112 valence electrons. The van der Waals surface area contributed by atoms with Crippen LogP contribution in [-0.2, 0) is 4.79 Å². The molecule has 1 fully saturated rings. The number of hydrogen-bond donors (Lipinski definition) is 0. The lowest BCUT2D eigenvalue weighted by Crippen LogP contribution is -2.23. The molecule has 1 aliphatic rings. The average molecular weight is 377 g/mol. The monoisotopic (exact) mass is 376 g/mol. The Balaban J connectivity index is 1.88. The number of thioether (sulfide) groups is 1. The molecule has 2 heterocycles. The van der Waals surface area contributed by atoms with Crippen LogP contribution in [0.25, 0.3) is 6.08 Å². The van der Waals surface area contributed by atoms with E-state index in [4.69, 9.17) is 4.42 Å². The van der Waals surface area contributed by atoms with Gasteiger partial charge in [0.05, 0.1) is 10.6 Å². The SMILES string of the molecule is Cc1ccc(N=C2S/C(=C/c3ccc(Br)o3)C(=O)N2C)cc1. The lowest BCUT2D eigenvalue weighted by atomic mass is 10.2. The lowest BCUT2D eigenvalue weighted by Gasteiger charge is -2.07. The second-order valence-electron chi connectivity index (χ2n) is 4.85. The number of carbonyl (C=O) groups is 1. The van der Waals surface area contributed by atoms with Crippen molar-refractivity contribution in [3.05, 3.63) is 57.3 Å². The molecule has 0 spiro atoms. The predicted octanol–water partition coefficient (Wildman–Crippen LogP) is 4.58. The average Bonchev–Trinajstić information content (AvgIpc) is 3.01. The van der Waals surface area contributed by atoms with Gasteiger partial charge >= 0.3 is 0 Å². The summed E-state index contributed by atoms with van der Waals surface area (Å²) in [5, 5.41) is 0.658. The molecule has 1 aromatic heterocycles. The maximum absolute atomic E-state index is 12.3. The molecule has 3 rings (SSSR count). The van der Waals surface area contributed by atoms with Crippen LogP contribution in [0.1, 0.15) is 11.3 Å². The van der Waals surface area contributed by atoms with Gasteiger partial charge in [-0.2, -0.15) is 0 Å². The van der Waals surface area contributed by atoms with Crippen LogP contribution in [0, 0.1) is 6.92 Å². The first-order valence-corrected chi connectivity index (χ1v) is 8.22. The summed E-state index contributed by atoms with van der Waals surface area (Å²) in [5.74, 6) is 0.552. The van der Waals surface area contributed by atoms with Gasteiger partial charge < -0.3 is 4.42 Å².